The molecule has 26 heavy (non-hydrogen) atoms. The van der Waals surface area contributed by atoms with Gasteiger partial charge in [-0.05, 0) is 17.0 Å². The maximum atomic E-state index is 4.55. The molecule has 4 heteroatoms. The highest BCUT2D eigenvalue weighted by atomic mass is 32.1. The van der Waals surface area contributed by atoms with Crippen LogP contribution in [0.3, 0.4) is 0 Å². The predicted molar refractivity (Wildman–Crippen MR) is 110 cm³/mol. The van der Waals surface area contributed by atoms with E-state index in [4.69, 9.17) is 0 Å². The van der Waals surface area contributed by atoms with Crippen LogP contribution in [0.15, 0.2) is 84.5 Å². The Kier molecular flexibility index (Phi) is 3.61. The predicted octanol–water partition coefficient (Wildman–Crippen LogP) is 6.26. The molecule has 0 unspecified atom stereocenters. The number of nitrogens with one attached hydrogen (secondary N) is 1. The summed E-state index contributed by atoms with van der Waals surface area (Å²) >= 11 is 1.65. The van der Waals surface area contributed by atoms with Crippen LogP contribution < -0.4 is 5.32 Å². The normalized spacial score (nSPS) is 11.1. The minimum Gasteiger partial charge on any atom is -0.339 e. The maximum Gasteiger partial charge on any atom is 0.143 e. The van der Waals surface area contributed by atoms with Crippen LogP contribution in [-0.4, -0.2) is 9.97 Å². The molecule has 124 valence electrons. The summed E-state index contributed by atoms with van der Waals surface area (Å²) in [5, 5.41) is 9.15. The molecule has 0 saturated carbocycles. The molecule has 0 radical (unpaired) electrons. The summed E-state index contributed by atoms with van der Waals surface area (Å²) in [6.45, 7) is 0. The van der Waals surface area contributed by atoms with Gasteiger partial charge in [-0.1, -0.05) is 66.7 Å². The number of hydrogen-bond acceptors (Lipinski definition) is 4. The summed E-state index contributed by atoms with van der Waals surface area (Å²) in [7, 11) is 0. The minimum atomic E-state index is 0.839. The first-order valence-corrected chi connectivity index (χ1v) is 9.30. The first-order chi connectivity index (χ1) is 12.9. The van der Waals surface area contributed by atoms with Gasteiger partial charge >= 0.3 is 0 Å². The van der Waals surface area contributed by atoms with Crippen molar-refractivity contribution in [2.24, 2.45) is 0 Å². The van der Waals surface area contributed by atoms with Gasteiger partial charge in [-0.3, -0.25) is 0 Å². The molecule has 3 aromatic carbocycles. The Hall–Kier alpha value is -3.24. The molecule has 2 aromatic heterocycles. The lowest BCUT2D eigenvalue weighted by molar-refractivity contribution is 1.23. The third kappa shape index (κ3) is 2.52. The molecular formula is C22H15N3S. The molecule has 0 spiro atoms. The van der Waals surface area contributed by atoms with E-state index in [2.05, 4.69) is 87.4 Å². The SMILES string of the molecule is c1ccc(-c2csc3ncnc(Nc4cccc5ccccc45)c23)cc1. The van der Waals surface area contributed by atoms with Crippen LogP contribution in [0.1, 0.15) is 0 Å². The van der Waals surface area contributed by atoms with Crippen LogP contribution >= 0.6 is 11.3 Å². The number of anilines is 2. The van der Waals surface area contributed by atoms with Crippen molar-refractivity contribution in [3.8, 4) is 11.1 Å². The number of aromatic nitrogens is 2. The van der Waals surface area contributed by atoms with Gasteiger partial charge < -0.3 is 5.32 Å². The second kappa shape index (κ2) is 6.24. The first-order valence-electron chi connectivity index (χ1n) is 8.42. The van der Waals surface area contributed by atoms with Crippen molar-refractivity contribution in [3.05, 3.63) is 84.5 Å². The Morgan fingerprint density at radius 2 is 1.58 bits per heavy atom. The summed E-state index contributed by atoms with van der Waals surface area (Å²) in [6.07, 6.45) is 1.63. The van der Waals surface area contributed by atoms with Crippen LogP contribution in [0.5, 0.6) is 0 Å². The van der Waals surface area contributed by atoms with Crippen LogP contribution in [0.2, 0.25) is 0 Å². The summed E-state index contributed by atoms with van der Waals surface area (Å²) in [5.41, 5.74) is 3.39. The fourth-order valence-electron chi connectivity index (χ4n) is 3.26. The first kappa shape index (κ1) is 15.0. The van der Waals surface area contributed by atoms with Gasteiger partial charge in [0.2, 0.25) is 0 Å². The zero-order valence-corrected chi connectivity index (χ0v) is 14.7. The van der Waals surface area contributed by atoms with Gasteiger partial charge in [0.1, 0.15) is 17.0 Å². The molecule has 0 aliphatic heterocycles. The van der Waals surface area contributed by atoms with E-state index >= 15 is 0 Å². The van der Waals surface area contributed by atoms with E-state index in [0.29, 0.717) is 0 Å². The third-order valence-corrected chi connectivity index (χ3v) is 5.38. The van der Waals surface area contributed by atoms with Gasteiger partial charge in [-0.15, -0.1) is 11.3 Å². The molecule has 0 saturated heterocycles. The van der Waals surface area contributed by atoms with Crippen molar-refractivity contribution in [2.45, 2.75) is 0 Å². The van der Waals surface area contributed by atoms with Crippen LogP contribution in [-0.2, 0) is 0 Å². The average molecular weight is 353 g/mol. The van der Waals surface area contributed by atoms with Crippen molar-refractivity contribution in [1.29, 1.82) is 0 Å². The van der Waals surface area contributed by atoms with Crippen LogP contribution in [0, 0.1) is 0 Å². The molecule has 0 aliphatic carbocycles. The van der Waals surface area contributed by atoms with Gasteiger partial charge in [0.05, 0.1) is 5.39 Å². The monoisotopic (exact) mass is 353 g/mol. The highest BCUT2D eigenvalue weighted by molar-refractivity contribution is 7.17. The van der Waals surface area contributed by atoms with Crippen LogP contribution in [0.25, 0.3) is 32.1 Å². The molecule has 5 aromatic rings. The van der Waals surface area contributed by atoms with E-state index in [1.165, 1.54) is 16.3 Å². The molecular weight excluding hydrogens is 338 g/mol. The lowest BCUT2D eigenvalue weighted by Gasteiger charge is -2.11. The Labute approximate surface area is 155 Å². The van der Waals surface area contributed by atoms with Crippen molar-refractivity contribution >= 4 is 43.8 Å². The number of fused-ring (bicyclic) bond motifs is 2. The highest BCUT2D eigenvalue weighted by Gasteiger charge is 2.13. The number of thiophene rings is 1. The molecule has 0 bridgehead atoms. The molecule has 3 nitrogen and oxygen atoms in total. The number of rotatable bonds is 3. The molecule has 0 atom stereocenters. The summed E-state index contributed by atoms with van der Waals surface area (Å²) in [4.78, 5) is 10.00. The lowest BCUT2D eigenvalue weighted by Crippen LogP contribution is -1.96. The van der Waals surface area contributed by atoms with Crippen molar-refractivity contribution in [3.63, 3.8) is 0 Å². The van der Waals surface area contributed by atoms with E-state index in [1.807, 2.05) is 6.07 Å². The zero-order valence-electron chi connectivity index (χ0n) is 13.9. The van der Waals surface area contributed by atoms with E-state index in [9.17, 15) is 0 Å². The van der Waals surface area contributed by atoms with E-state index in [1.54, 1.807) is 17.7 Å². The Morgan fingerprint density at radius 3 is 2.50 bits per heavy atom. The molecule has 2 heterocycles. The second-order valence-corrected chi connectivity index (χ2v) is 6.93. The Bertz CT molecular complexity index is 1210. The van der Waals surface area contributed by atoms with E-state index < -0.39 is 0 Å². The van der Waals surface area contributed by atoms with Crippen molar-refractivity contribution in [1.82, 2.24) is 9.97 Å². The standard InChI is InChI=1S/C22H15N3S/c1-2-7-16(8-3-1)18-13-26-22-20(18)21(23-14-24-22)25-19-12-6-10-15-9-4-5-11-17(15)19/h1-14H,(H,23,24,25). The minimum absolute atomic E-state index is 0.839. The molecule has 1 N–H and O–H groups in total. The number of hydrogen-bond donors (Lipinski definition) is 1. The van der Waals surface area contributed by atoms with Gasteiger partial charge in [0, 0.05) is 22.0 Å². The summed E-state index contributed by atoms with van der Waals surface area (Å²) in [5.74, 6) is 0.839. The maximum absolute atomic E-state index is 4.55. The zero-order chi connectivity index (χ0) is 17.3. The number of nitrogens with zero attached hydrogens (tertiary/aromatic N) is 2. The van der Waals surface area contributed by atoms with Gasteiger partial charge in [-0.25, -0.2) is 9.97 Å². The van der Waals surface area contributed by atoms with Crippen molar-refractivity contribution in [2.75, 3.05) is 5.32 Å². The topological polar surface area (TPSA) is 37.8 Å². The highest BCUT2D eigenvalue weighted by Crippen LogP contribution is 2.38. The fraction of sp³-hybridized carbons (Fsp3) is 0. The average Bonchev–Trinajstić information content (AvgIpc) is 3.14. The summed E-state index contributed by atoms with van der Waals surface area (Å²) < 4.78 is 0. The quantitative estimate of drug-likeness (QED) is 0.416. The smallest absolute Gasteiger partial charge is 0.143 e. The largest absolute Gasteiger partial charge is 0.339 e. The van der Waals surface area contributed by atoms with Gasteiger partial charge in [-0.2, -0.15) is 0 Å². The van der Waals surface area contributed by atoms with E-state index in [-0.39, 0.29) is 0 Å². The lowest BCUT2D eigenvalue weighted by atomic mass is 10.1. The Balaban J connectivity index is 1.69. The molecule has 0 fully saturated rings. The molecule has 0 amide bonds. The molecule has 0 aliphatic rings. The van der Waals surface area contributed by atoms with Crippen LogP contribution in [0.4, 0.5) is 11.5 Å². The van der Waals surface area contributed by atoms with E-state index in [0.717, 1.165) is 27.3 Å². The Morgan fingerprint density at radius 1 is 0.769 bits per heavy atom. The number of benzene rings is 3. The fourth-order valence-corrected chi connectivity index (χ4v) is 4.18. The third-order valence-electron chi connectivity index (χ3n) is 4.50. The molecule has 5 rings (SSSR count). The van der Waals surface area contributed by atoms with Gasteiger partial charge in [0.25, 0.3) is 0 Å². The second-order valence-electron chi connectivity index (χ2n) is 6.07. The van der Waals surface area contributed by atoms with Gasteiger partial charge in [0.15, 0.2) is 0 Å². The van der Waals surface area contributed by atoms with Crippen molar-refractivity contribution < 1.29 is 0 Å². The summed E-state index contributed by atoms with van der Waals surface area (Å²) in [6, 6.07) is 25.0.